The van der Waals surface area contributed by atoms with Gasteiger partial charge in [0.1, 0.15) is 6.10 Å². The van der Waals surface area contributed by atoms with E-state index >= 15 is 0 Å². The number of rotatable bonds is 7. The van der Waals surface area contributed by atoms with Gasteiger partial charge in [-0.15, -0.1) is 0 Å². The number of unbranched alkanes of at least 4 members (excludes halogenated alkanes) is 2. The van der Waals surface area contributed by atoms with Crippen LogP contribution < -0.4 is 0 Å². The average Bonchev–Trinajstić information content (AvgIpc) is 2.74. The SMILES string of the molecule is CCCCCC1CCC(C2CCC(C3=CCC(OC(=O)C(F)(F)F)CC3)CC2)CC1. The molecule has 2 fully saturated rings. The normalized spacial score (nSPS) is 33.1. The first kappa shape index (κ1) is 23.7. The summed E-state index contributed by atoms with van der Waals surface area (Å²) in [6.45, 7) is 2.28. The van der Waals surface area contributed by atoms with Crippen LogP contribution in [0.4, 0.5) is 13.2 Å². The summed E-state index contributed by atoms with van der Waals surface area (Å²) in [6.07, 6.45) is 14.6. The molecule has 3 aliphatic carbocycles. The molecule has 0 N–H and O–H groups in total. The van der Waals surface area contributed by atoms with Crippen molar-refractivity contribution in [3.8, 4) is 0 Å². The highest BCUT2D eigenvalue weighted by molar-refractivity contribution is 5.75. The molecule has 0 aromatic carbocycles. The molecule has 1 atom stereocenters. The third-order valence-corrected chi connectivity index (χ3v) is 7.97. The summed E-state index contributed by atoms with van der Waals surface area (Å²) >= 11 is 0. The van der Waals surface area contributed by atoms with Crippen molar-refractivity contribution < 1.29 is 22.7 Å². The third-order valence-electron chi connectivity index (χ3n) is 7.97. The molecule has 3 aliphatic rings. The van der Waals surface area contributed by atoms with E-state index in [1.165, 1.54) is 82.6 Å². The number of ether oxygens (including phenoxy) is 1. The van der Waals surface area contributed by atoms with Crippen LogP contribution in [-0.4, -0.2) is 18.2 Å². The van der Waals surface area contributed by atoms with Crippen molar-refractivity contribution in [2.24, 2.45) is 23.7 Å². The quantitative estimate of drug-likeness (QED) is 0.235. The first-order valence-corrected chi connectivity index (χ1v) is 12.3. The fourth-order valence-corrected chi connectivity index (χ4v) is 6.12. The van der Waals surface area contributed by atoms with Crippen LogP contribution in [0.15, 0.2) is 11.6 Å². The monoisotopic (exact) mass is 428 g/mol. The predicted octanol–water partition coefficient (Wildman–Crippen LogP) is 7.76. The van der Waals surface area contributed by atoms with Crippen molar-refractivity contribution in [3.63, 3.8) is 0 Å². The maximum atomic E-state index is 12.4. The summed E-state index contributed by atoms with van der Waals surface area (Å²) in [5, 5.41) is 0. The van der Waals surface area contributed by atoms with E-state index in [1.807, 2.05) is 0 Å². The maximum absolute atomic E-state index is 12.4. The van der Waals surface area contributed by atoms with Crippen LogP contribution in [-0.2, 0) is 9.53 Å². The Labute approximate surface area is 180 Å². The average molecular weight is 429 g/mol. The topological polar surface area (TPSA) is 26.3 Å². The molecule has 0 heterocycles. The Kier molecular flexibility index (Phi) is 8.71. The van der Waals surface area contributed by atoms with Gasteiger partial charge in [0.05, 0.1) is 0 Å². The zero-order valence-electron chi connectivity index (χ0n) is 18.5. The van der Waals surface area contributed by atoms with E-state index in [4.69, 9.17) is 0 Å². The summed E-state index contributed by atoms with van der Waals surface area (Å²) in [5.41, 5.74) is 1.40. The molecule has 0 aromatic rings. The minimum Gasteiger partial charge on any atom is -0.455 e. The highest BCUT2D eigenvalue weighted by Crippen LogP contribution is 2.44. The predicted molar refractivity (Wildman–Crippen MR) is 113 cm³/mol. The summed E-state index contributed by atoms with van der Waals surface area (Å²) < 4.78 is 41.7. The van der Waals surface area contributed by atoms with Crippen molar-refractivity contribution in [1.29, 1.82) is 0 Å². The van der Waals surface area contributed by atoms with Crippen molar-refractivity contribution in [2.45, 2.75) is 116 Å². The van der Waals surface area contributed by atoms with E-state index in [1.54, 1.807) is 0 Å². The molecule has 3 rings (SSSR count). The lowest BCUT2D eigenvalue weighted by Gasteiger charge is -2.39. The van der Waals surface area contributed by atoms with Crippen LogP contribution in [0.2, 0.25) is 0 Å². The van der Waals surface area contributed by atoms with Gasteiger partial charge in [0.2, 0.25) is 0 Å². The minimum absolute atomic E-state index is 0.430. The molecule has 2 saturated carbocycles. The second kappa shape index (κ2) is 11.0. The van der Waals surface area contributed by atoms with Crippen molar-refractivity contribution in [3.05, 3.63) is 11.6 Å². The molecule has 5 heteroatoms. The van der Waals surface area contributed by atoms with Gasteiger partial charge < -0.3 is 4.74 Å². The zero-order valence-corrected chi connectivity index (χ0v) is 18.5. The lowest BCUT2D eigenvalue weighted by molar-refractivity contribution is -0.205. The first-order valence-electron chi connectivity index (χ1n) is 12.3. The molecule has 0 saturated heterocycles. The Bertz CT molecular complexity index is 567. The van der Waals surface area contributed by atoms with E-state index in [0.717, 1.165) is 24.2 Å². The van der Waals surface area contributed by atoms with Gasteiger partial charge in [-0.05, 0) is 75.0 Å². The first-order chi connectivity index (χ1) is 14.4. The smallest absolute Gasteiger partial charge is 0.455 e. The number of esters is 1. The van der Waals surface area contributed by atoms with Crippen LogP contribution in [0.5, 0.6) is 0 Å². The van der Waals surface area contributed by atoms with Gasteiger partial charge in [-0.25, -0.2) is 4.79 Å². The van der Waals surface area contributed by atoms with Crippen molar-refractivity contribution >= 4 is 5.97 Å². The van der Waals surface area contributed by atoms with Gasteiger partial charge in [-0.3, -0.25) is 0 Å². The van der Waals surface area contributed by atoms with Crippen molar-refractivity contribution in [1.82, 2.24) is 0 Å². The largest absolute Gasteiger partial charge is 0.490 e. The summed E-state index contributed by atoms with van der Waals surface area (Å²) in [5.74, 6) is 1.30. The Morgan fingerprint density at radius 2 is 1.60 bits per heavy atom. The molecule has 0 aromatic heterocycles. The van der Waals surface area contributed by atoms with Crippen LogP contribution in [0.25, 0.3) is 0 Å². The lowest BCUT2D eigenvalue weighted by Crippen LogP contribution is -2.31. The number of alkyl halides is 3. The van der Waals surface area contributed by atoms with Gasteiger partial charge in [0, 0.05) is 6.42 Å². The second-order valence-electron chi connectivity index (χ2n) is 9.97. The Balaban J connectivity index is 1.36. The maximum Gasteiger partial charge on any atom is 0.490 e. The number of hydrogen-bond acceptors (Lipinski definition) is 2. The zero-order chi connectivity index (χ0) is 21.6. The molecule has 0 spiro atoms. The molecule has 2 nitrogen and oxygen atoms in total. The summed E-state index contributed by atoms with van der Waals surface area (Å²) in [7, 11) is 0. The molecular formula is C25H39F3O2. The number of carbonyl (C=O) groups excluding carboxylic acids is 1. The number of allylic oxidation sites excluding steroid dienone is 1. The van der Waals surface area contributed by atoms with Gasteiger partial charge in [-0.2, -0.15) is 13.2 Å². The van der Waals surface area contributed by atoms with E-state index in [2.05, 4.69) is 17.7 Å². The third kappa shape index (κ3) is 6.75. The highest BCUT2D eigenvalue weighted by Gasteiger charge is 2.42. The summed E-state index contributed by atoms with van der Waals surface area (Å²) in [4.78, 5) is 11.0. The van der Waals surface area contributed by atoms with Crippen LogP contribution in [0.3, 0.4) is 0 Å². The van der Waals surface area contributed by atoms with E-state index in [9.17, 15) is 18.0 Å². The standard InChI is InChI=1S/C25H39F3O2/c1-2-3-4-5-18-6-8-19(9-7-18)20-10-12-21(13-11-20)22-14-16-23(17-15-22)30-24(29)25(26,27)28/h14,18-21,23H,2-13,15-17H2,1H3. The molecular weight excluding hydrogens is 389 g/mol. The minimum atomic E-state index is -4.89. The van der Waals surface area contributed by atoms with Crippen LogP contribution in [0, 0.1) is 23.7 Å². The fraction of sp³-hybridized carbons (Fsp3) is 0.880. The van der Waals surface area contributed by atoms with Crippen LogP contribution in [0.1, 0.15) is 103 Å². The Morgan fingerprint density at radius 1 is 0.967 bits per heavy atom. The van der Waals surface area contributed by atoms with E-state index < -0.39 is 18.2 Å². The molecule has 0 bridgehead atoms. The Hall–Kier alpha value is -1.00. The molecule has 0 radical (unpaired) electrons. The van der Waals surface area contributed by atoms with E-state index in [-0.39, 0.29) is 0 Å². The second-order valence-corrected chi connectivity index (χ2v) is 9.97. The molecule has 1 unspecified atom stereocenters. The molecule has 30 heavy (non-hydrogen) atoms. The van der Waals surface area contributed by atoms with E-state index in [0.29, 0.717) is 18.8 Å². The lowest BCUT2D eigenvalue weighted by atomic mass is 9.67. The fourth-order valence-electron chi connectivity index (χ4n) is 6.12. The number of hydrogen-bond donors (Lipinski definition) is 0. The number of carbonyl (C=O) groups is 1. The Morgan fingerprint density at radius 3 is 2.13 bits per heavy atom. The van der Waals surface area contributed by atoms with Gasteiger partial charge in [0.15, 0.2) is 0 Å². The molecule has 0 aliphatic heterocycles. The number of halogens is 3. The van der Waals surface area contributed by atoms with Gasteiger partial charge in [0.25, 0.3) is 0 Å². The molecule has 0 amide bonds. The summed E-state index contributed by atoms with van der Waals surface area (Å²) in [6, 6.07) is 0. The highest BCUT2D eigenvalue weighted by atomic mass is 19.4. The van der Waals surface area contributed by atoms with Crippen molar-refractivity contribution in [2.75, 3.05) is 0 Å². The molecule has 172 valence electrons. The van der Waals surface area contributed by atoms with Gasteiger partial charge in [-0.1, -0.05) is 57.1 Å². The van der Waals surface area contributed by atoms with Crippen LogP contribution >= 0.6 is 0 Å². The van der Waals surface area contributed by atoms with Gasteiger partial charge >= 0.3 is 12.1 Å².